The molecule has 3 fully saturated rings. The van der Waals surface area contributed by atoms with Gasteiger partial charge in [-0.05, 0) is 19.4 Å². The maximum atomic E-state index is 12.8. The highest BCUT2D eigenvalue weighted by molar-refractivity contribution is 7.18. The topological polar surface area (TPSA) is 41.5 Å². The van der Waals surface area contributed by atoms with Crippen LogP contribution in [0.25, 0.3) is 10.2 Å². The Kier molecular flexibility index (Phi) is 4.39. The van der Waals surface area contributed by atoms with Crippen LogP contribution in [0.3, 0.4) is 0 Å². The lowest BCUT2D eigenvalue weighted by Crippen LogP contribution is -2.66. The van der Waals surface area contributed by atoms with E-state index in [1.54, 1.807) is 6.07 Å². The SMILES string of the molecule is C[C@H](N1CC2(CCN(c3ncnc4sc(CC(F)(F)F)cc34)C2)C1)C1(C)COC1. The Morgan fingerprint density at radius 2 is 2.00 bits per heavy atom. The number of fused-ring (bicyclic) bond motifs is 1. The van der Waals surface area contributed by atoms with Crippen molar-refractivity contribution in [2.24, 2.45) is 10.8 Å². The van der Waals surface area contributed by atoms with E-state index in [2.05, 4.69) is 33.6 Å². The highest BCUT2D eigenvalue weighted by atomic mass is 32.1. The number of nitrogens with zero attached hydrogens (tertiary/aromatic N) is 4. The molecule has 3 aliphatic rings. The summed E-state index contributed by atoms with van der Waals surface area (Å²) in [6.45, 7) is 10.2. The summed E-state index contributed by atoms with van der Waals surface area (Å²) in [5.74, 6) is 0.780. The first-order valence-electron chi connectivity index (χ1n) is 10.0. The minimum Gasteiger partial charge on any atom is -0.380 e. The van der Waals surface area contributed by atoms with Crippen LogP contribution in [0.4, 0.5) is 19.0 Å². The number of halogens is 3. The molecule has 9 heteroatoms. The third kappa shape index (κ3) is 3.41. The van der Waals surface area contributed by atoms with Crippen LogP contribution < -0.4 is 4.90 Å². The lowest BCUT2D eigenvalue weighted by Gasteiger charge is -2.57. The lowest BCUT2D eigenvalue weighted by molar-refractivity contribution is -0.164. The molecule has 5 heterocycles. The Bertz CT molecular complexity index is 920. The summed E-state index contributed by atoms with van der Waals surface area (Å²) in [6, 6.07) is 2.13. The summed E-state index contributed by atoms with van der Waals surface area (Å²) in [6.07, 6.45) is -2.55. The van der Waals surface area contributed by atoms with Crippen molar-refractivity contribution in [1.29, 1.82) is 0 Å². The van der Waals surface area contributed by atoms with E-state index < -0.39 is 12.6 Å². The minimum atomic E-state index is -4.21. The lowest BCUT2D eigenvalue weighted by atomic mass is 9.73. The van der Waals surface area contributed by atoms with Gasteiger partial charge in [-0.15, -0.1) is 11.3 Å². The first kappa shape index (κ1) is 19.5. The van der Waals surface area contributed by atoms with Gasteiger partial charge >= 0.3 is 6.18 Å². The van der Waals surface area contributed by atoms with E-state index in [4.69, 9.17) is 4.74 Å². The fraction of sp³-hybridized carbons (Fsp3) is 0.700. The number of rotatable bonds is 4. The molecule has 2 aromatic rings. The molecule has 1 spiro atoms. The number of thiophene rings is 1. The van der Waals surface area contributed by atoms with E-state index >= 15 is 0 Å². The molecule has 158 valence electrons. The third-order valence-corrected chi connectivity index (χ3v) is 8.01. The molecule has 0 saturated carbocycles. The average Bonchev–Trinajstić information content (AvgIpc) is 3.19. The normalized spacial score (nSPS) is 24.7. The van der Waals surface area contributed by atoms with Crippen LogP contribution in [-0.4, -0.2) is 66.5 Å². The molecule has 0 bridgehead atoms. The number of alkyl halides is 3. The van der Waals surface area contributed by atoms with Crippen LogP contribution in [-0.2, 0) is 11.2 Å². The second-order valence-corrected chi connectivity index (χ2v) is 10.4. The Hall–Kier alpha value is -1.45. The average molecular weight is 427 g/mol. The predicted molar refractivity (Wildman–Crippen MR) is 106 cm³/mol. The van der Waals surface area contributed by atoms with Crippen LogP contribution in [0.2, 0.25) is 0 Å². The van der Waals surface area contributed by atoms with E-state index in [-0.39, 0.29) is 10.8 Å². The van der Waals surface area contributed by atoms with Crippen LogP contribution in [0.1, 0.15) is 25.1 Å². The van der Waals surface area contributed by atoms with Gasteiger partial charge in [0.2, 0.25) is 0 Å². The van der Waals surface area contributed by atoms with Crippen LogP contribution in [0, 0.1) is 10.8 Å². The zero-order valence-electron chi connectivity index (χ0n) is 16.6. The molecule has 3 aliphatic heterocycles. The number of hydrogen-bond acceptors (Lipinski definition) is 6. The zero-order valence-corrected chi connectivity index (χ0v) is 17.4. The standard InChI is InChI=1S/C20H25F3N4OS/c1-13(18(2)10-28-11-18)27-8-19(9-27)3-4-26(7-19)16-15-5-14(6-20(21,22)23)29-17(15)25-12-24-16/h5,12-13H,3-4,6-11H2,1-2H3/t13-/m0/s1. The van der Waals surface area contributed by atoms with E-state index in [1.165, 1.54) is 6.33 Å². The van der Waals surface area contributed by atoms with Crippen molar-refractivity contribution in [3.05, 3.63) is 17.3 Å². The molecule has 5 nitrogen and oxygen atoms in total. The highest BCUT2D eigenvalue weighted by Gasteiger charge is 2.53. The van der Waals surface area contributed by atoms with Crippen molar-refractivity contribution in [3.63, 3.8) is 0 Å². The van der Waals surface area contributed by atoms with E-state index in [0.29, 0.717) is 15.7 Å². The van der Waals surface area contributed by atoms with Gasteiger partial charge < -0.3 is 9.64 Å². The zero-order chi connectivity index (χ0) is 20.4. The van der Waals surface area contributed by atoms with Crippen LogP contribution in [0.5, 0.6) is 0 Å². The third-order valence-electron chi connectivity index (χ3n) is 6.97. The molecule has 2 aromatic heterocycles. The molecule has 0 aromatic carbocycles. The molecule has 0 unspecified atom stereocenters. The Morgan fingerprint density at radius 1 is 1.24 bits per heavy atom. The maximum Gasteiger partial charge on any atom is 0.393 e. The monoisotopic (exact) mass is 426 g/mol. The van der Waals surface area contributed by atoms with Gasteiger partial charge in [0.15, 0.2) is 0 Å². The molecule has 1 atom stereocenters. The minimum absolute atomic E-state index is 0.254. The molecule has 0 amide bonds. The van der Waals surface area contributed by atoms with Gasteiger partial charge in [0.05, 0.1) is 25.0 Å². The van der Waals surface area contributed by atoms with Crippen molar-refractivity contribution in [2.45, 2.75) is 38.9 Å². The van der Waals surface area contributed by atoms with Crippen molar-refractivity contribution >= 4 is 27.4 Å². The Balaban J connectivity index is 1.30. The molecule has 29 heavy (non-hydrogen) atoms. The van der Waals surface area contributed by atoms with E-state index in [9.17, 15) is 13.2 Å². The number of hydrogen-bond donors (Lipinski definition) is 0. The predicted octanol–water partition coefficient (Wildman–Crippen LogP) is 3.73. The smallest absolute Gasteiger partial charge is 0.380 e. The van der Waals surface area contributed by atoms with Gasteiger partial charge in [0.25, 0.3) is 0 Å². The molecular weight excluding hydrogens is 401 g/mol. The van der Waals surface area contributed by atoms with Crippen molar-refractivity contribution < 1.29 is 17.9 Å². The van der Waals surface area contributed by atoms with Gasteiger partial charge in [0.1, 0.15) is 17.0 Å². The largest absolute Gasteiger partial charge is 0.393 e. The molecule has 0 radical (unpaired) electrons. The Morgan fingerprint density at radius 3 is 2.66 bits per heavy atom. The van der Waals surface area contributed by atoms with Gasteiger partial charge in [0, 0.05) is 47.9 Å². The van der Waals surface area contributed by atoms with Crippen LogP contribution in [0.15, 0.2) is 12.4 Å². The number of aromatic nitrogens is 2. The second kappa shape index (κ2) is 6.52. The first-order valence-corrected chi connectivity index (χ1v) is 10.9. The van der Waals surface area contributed by atoms with Crippen molar-refractivity contribution in [3.8, 4) is 0 Å². The molecule has 0 N–H and O–H groups in total. The summed E-state index contributed by atoms with van der Waals surface area (Å²) in [4.78, 5) is 14.4. The van der Waals surface area contributed by atoms with Gasteiger partial charge in [-0.25, -0.2) is 9.97 Å². The summed E-state index contributed by atoms with van der Waals surface area (Å²) < 4.78 is 43.8. The first-order chi connectivity index (χ1) is 13.7. The molecule has 3 saturated heterocycles. The van der Waals surface area contributed by atoms with E-state index in [1.807, 2.05) is 0 Å². The number of likely N-dealkylation sites (tertiary alicyclic amines) is 1. The second-order valence-electron chi connectivity index (χ2n) is 9.32. The Labute approximate surface area is 171 Å². The number of anilines is 1. The van der Waals surface area contributed by atoms with Gasteiger partial charge in [-0.3, -0.25) is 4.90 Å². The fourth-order valence-corrected chi connectivity index (χ4v) is 6.02. The van der Waals surface area contributed by atoms with Crippen molar-refractivity contribution in [2.75, 3.05) is 44.3 Å². The quantitative estimate of drug-likeness (QED) is 0.745. The molecule has 0 aliphatic carbocycles. The molecule has 5 rings (SSSR count). The fourth-order valence-electron chi connectivity index (χ4n) is 5.00. The number of ether oxygens (including phenoxy) is 1. The maximum absolute atomic E-state index is 12.8. The van der Waals surface area contributed by atoms with Crippen LogP contribution >= 0.6 is 11.3 Å². The van der Waals surface area contributed by atoms with Gasteiger partial charge in [-0.1, -0.05) is 6.92 Å². The van der Waals surface area contributed by atoms with Crippen molar-refractivity contribution in [1.82, 2.24) is 14.9 Å². The molecular formula is C20H25F3N4OS. The summed E-state index contributed by atoms with van der Waals surface area (Å²) in [5, 5.41) is 0.748. The van der Waals surface area contributed by atoms with Gasteiger partial charge in [-0.2, -0.15) is 13.2 Å². The summed E-state index contributed by atoms with van der Waals surface area (Å²) in [7, 11) is 0. The highest BCUT2D eigenvalue weighted by Crippen LogP contribution is 2.46. The summed E-state index contributed by atoms with van der Waals surface area (Å²) in [5.41, 5.74) is 0.515. The summed E-state index contributed by atoms with van der Waals surface area (Å²) >= 11 is 1.11. The van der Waals surface area contributed by atoms with E-state index in [0.717, 1.165) is 68.4 Å².